The molecule has 132 heavy (non-hydrogen) atoms. The summed E-state index contributed by atoms with van der Waals surface area (Å²) in [5, 5.41) is 70.3. The number of aromatic hydroxyl groups is 1. The molecule has 714 valence electrons. The van der Waals surface area contributed by atoms with Crippen LogP contribution in [0.4, 0.5) is 0 Å². The molecule has 0 aliphatic carbocycles. The summed E-state index contributed by atoms with van der Waals surface area (Å²) in [7, 11) is 2.77. The van der Waals surface area contributed by atoms with Gasteiger partial charge in [-0.25, -0.2) is 4.98 Å². The van der Waals surface area contributed by atoms with Crippen molar-refractivity contribution in [3.63, 3.8) is 0 Å². The first-order valence-corrected chi connectivity index (χ1v) is 45.8. The number of nitrogens with zero attached hydrogens (tertiary/aromatic N) is 6. The van der Waals surface area contributed by atoms with E-state index in [0.29, 0.717) is 64.2 Å². The molecule has 15 amide bonds. The van der Waals surface area contributed by atoms with E-state index in [1.165, 1.54) is 67.6 Å². The molecule has 0 spiro atoms. The van der Waals surface area contributed by atoms with Gasteiger partial charge in [0.05, 0.1) is 36.8 Å². The average molecular weight is 1850 g/mol. The van der Waals surface area contributed by atoms with Crippen molar-refractivity contribution >= 4 is 134 Å². The van der Waals surface area contributed by atoms with Gasteiger partial charge in [0.1, 0.15) is 90.5 Å². The number of aliphatic hydroxyl groups excluding tert-OH is 1. The van der Waals surface area contributed by atoms with Gasteiger partial charge in [0.15, 0.2) is 0 Å². The molecule has 4 aliphatic heterocycles. The van der Waals surface area contributed by atoms with Crippen LogP contribution in [0.15, 0.2) is 97.7 Å². The molecule has 0 radical (unpaired) electrons. The quantitative estimate of drug-likeness (QED) is 0.0292. The van der Waals surface area contributed by atoms with Crippen LogP contribution in [-0.2, 0) is 107 Å². The molecule has 7 heterocycles. The smallest absolute Gasteiger partial charge is 0.305 e. The molecule has 3 aromatic heterocycles. The molecule has 4 saturated heterocycles. The van der Waals surface area contributed by atoms with E-state index in [1.807, 2.05) is 13.8 Å². The molecule has 43 heteroatoms. The summed E-state index contributed by atoms with van der Waals surface area (Å²) in [6.07, 6.45) is 2.97. The number of carboxylic acids is 2. The number of aromatic nitrogens is 4. The normalized spacial score (nSPS) is 25.2. The van der Waals surface area contributed by atoms with E-state index in [0.717, 1.165) is 26.5 Å². The third kappa shape index (κ3) is 27.1. The first kappa shape index (κ1) is 101. The van der Waals surface area contributed by atoms with Crippen LogP contribution in [0, 0.1) is 0 Å². The van der Waals surface area contributed by atoms with Gasteiger partial charge in [-0.05, 0) is 119 Å². The molecule has 4 aliphatic rings. The number of aliphatic carboxylic acids is 2. The number of benzene rings is 3. The maximum atomic E-state index is 15.7. The number of para-hydroxylation sites is 2. The summed E-state index contributed by atoms with van der Waals surface area (Å²) in [5.41, 5.74) is 14.7. The van der Waals surface area contributed by atoms with E-state index in [1.54, 1.807) is 60.9 Å². The number of carbonyl (C=O) groups excluding carboxylic acids is 15. The molecule has 21 N–H and O–H groups in total. The van der Waals surface area contributed by atoms with Crippen molar-refractivity contribution < 1.29 is 102 Å². The van der Waals surface area contributed by atoms with Crippen molar-refractivity contribution in [3.8, 4) is 5.75 Å². The monoisotopic (exact) mass is 1850 g/mol. The number of phenolic OH excluding ortho intramolecular Hbond substituents is 1. The number of hydrogen-bond acceptors (Lipinski definition) is 23. The highest BCUT2D eigenvalue weighted by atomic mass is 32.2. The molecule has 6 aromatic rings. The molecule has 1 unspecified atom stereocenters. The van der Waals surface area contributed by atoms with Crippen LogP contribution in [0.1, 0.15) is 146 Å². The number of imidazole rings is 1. The number of carboxylic acid groups (broad SMARTS) is 2. The average Bonchev–Trinajstić information content (AvgIpc) is 1.53. The molecule has 0 bridgehead atoms. The number of carbonyl (C=O) groups is 17. The van der Waals surface area contributed by atoms with Crippen molar-refractivity contribution in [2.75, 3.05) is 58.3 Å². The molecule has 15 atom stereocenters. The number of phenols is 1. The number of nitrogens with one attached hydrogen (secondary N) is 13. The Kier molecular flexibility index (Phi) is 36.9. The third-order valence-corrected chi connectivity index (χ3v) is 25.3. The van der Waals surface area contributed by atoms with Gasteiger partial charge in [0.25, 0.3) is 0 Å². The second-order valence-corrected chi connectivity index (χ2v) is 34.8. The standard InChI is InChI=1S/C89H121N21O21S/c1-6-8-21-67-81(123)97-49(3)76(118)105-66(77(119)95-45-72(91)112)46-132-47-73(113)98-63(37-50-26-28-54(111)29-27-50)87(129)109-35-16-25-70(109)84(126)104-65(41-75(116)117)88(130)110-36-15-24-69(110)83(125)102-62(40-53-44-92-48-96-53)80(122)100-60(30-31-74(114)115)86(128)108-34-14-23-68(108)82(124)101-61(38-51-42-93-57-19-12-10-17-55(51)57)79(121)99-59(32-33-90)78(120)103-64(39-52-43-94-58-20-13-11-18-56(52)58)85(127)107(5)71(22-9-7-2)89(131)106(67)4/h10-13,17-20,26-29,42-44,48-49,59-71,77,93-95,111,119H,6-9,14-16,21-25,30-41,45-47,90H2,1-5H3,(H2,91,112)(H,92,96)(H,97,123)(H,98,113)(H,99,121)(H,100,122)(H,101,124)(H,102,125)(H,103,120)(H,104,126)(H,105,118)(H,114,115)(H,116,117)/t49-,59-,60-,61-,62-,63-,64-,65-,66-,67-,68-,69-,70-,71-,77?/m0/s1. The zero-order valence-electron chi connectivity index (χ0n) is 74.5. The summed E-state index contributed by atoms with van der Waals surface area (Å²) < 4.78 is 0. The lowest BCUT2D eigenvalue weighted by molar-refractivity contribution is -0.149. The van der Waals surface area contributed by atoms with Gasteiger partial charge in [-0.15, -0.1) is 11.8 Å². The number of hydrogen-bond donors (Lipinski definition) is 19. The second-order valence-electron chi connectivity index (χ2n) is 33.8. The number of primary amides is 1. The minimum atomic E-state index is -1.88. The van der Waals surface area contributed by atoms with Crippen LogP contribution in [0.5, 0.6) is 5.75 Å². The van der Waals surface area contributed by atoms with Crippen molar-refractivity contribution in [3.05, 3.63) is 120 Å². The predicted molar refractivity (Wildman–Crippen MR) is 481 cm³/mol. The van der Waals surface area contributed by atoms with E-state index in [2.05, 4.69) is 73.1 Å². The summed E-state index contributed by atoms with van der Waals surface area (Å²) in [6, 6.07) is -0.990. The molecule has 3 aromatic carbocycles. The summed E-state index contributed by atoms with van der Waals surface area (Å²) in [4.78, 5) is 267. The highest BCUT2D eigenvalue weighted by Crippen LogP contribution is 2.29. The Hall–Kier alpha value is -13.0. The Bertz CT molecular complexity index is 5110. The number of nitrogens with two attached hydrogens (primary N) is 2. The Labute approximate surface area is 765 Å². The second kappa shape index (κ2) is 48.2. The van der Waals surface area contributed by atoms with Crippen LogP contribution in [-0.4, -0.2) is 315 Å². The van der Waals surface area contributed by atoms with Gasteiger partial charge in [-0.3, -0.25) is 86.8 Å². The van der Waals surface area contributed by atoms with E-state index in [4.69, 9.17) is 11.5 Å². The molecule has 0 saturated carbocycles. The van der Waals surface area contributed by atoms with Gasteiger partial charge in [-0.1, -0.05) is 88.1 Å². The molecular weight excluding hydrogens is 1730 g/mol. The maximum Gasteiger partial charge on any atom is 0.305 e. The van der Waals surface area contributed by atoms with Crippen molar-refractivity contribution in [2.45, 2.75) is 240 Å². The number of rotatable bonds is 25. The fourth-order valence-corrected chi connectivity index (χ4v) is 18.0. The van der Waals surface area contributed by atoms with E-state index in [-0.39, 0.29) is 127 Å². The van der Waals surface area contributed by atoms with Gasteiger partial charge >= 0.3 is 11.9 Å². The van der Waals surface area contributed by atoms with E-state index in [9.17, 15) is 63.6 Å². The fraction of sp³-hybridized carbons (Fsp3) is 0.528. The zero-order valence-corrected chi connectivity index (χ0v) is 75.3. The number of thioether (sulfide) groups is 1. The topological polar surface area (TPSA) is 620 Å². The van der Waals surface area contributed by atoms with E-state index >= 15 is 38.4 Å². The van der Waals surface area contributed by atoms with Crippen LogP contribution in [0.3, 0.4) is 0 Å². The van der Waals surface area contributed by atoms with Crippen molar-refractivity contribution in [1.29, 1.82) is 0 Å². The van der Waals surface area contributed by atoms with Crippen LogP contribution < -0.4 is 64.6 Å². The van der Waals surface area contributed by atoms with Crippen LogP contribution in [0.25, 0.3) is 21.8 Å². The molecule has 10 rings (SSSR count). The SMILES string of the molecule is CCCC[C@H]1C(=O)N(C)[C@@H](CCCC)C(=O)N[C@@H](C)C(=O)N[C@H](C(O)NCC(N)=O)CSCC(=O)N[C@@H](Cc2ccc(O)cc2)C(=O)N2CCC[C@H]2C(=O)N[C@@H](CC(=O)O)C(=O)N2CCC[C@H]2C(=O)N[C@@H](Cc2c[nH]cn2)C(=O)N[C@@H](CCC(=O)O)C(=O)N2CCC[C@H]2C(=O)N[C@@H](Cc2c[nH]c3ccccc23)C(=O)N[C@@H](CCN)C(=O)N[C@@H](Cc2c[nH]c3ccccc23)C(=O)N1C. The van der Waals surface area contributed by atoms with Gasteiger partial charge in [0.2, 0.25) is 88.6 Å². The Morgan fingerprint density at radius 3 is 1.53 bits per heavy atom. The highest BCUT2D eigenvalue weighted by Gasteiger charge is 2.47. The van der Waals surface area contributed by atoms with Crippen LogP contribution in [0.2, 0.25) is 0 Å². The number of likely N-dealkylation sites (N-methyl/N-ethyl adjacent to an activating group) is 2. The molecule has 42 nitrogen and oxygen atoms in total. The predicted octanol–water partition coefficient (Wildman–Crippen LogP) is -1.43. The fourth-order valence-electron chi connectivity index (χ4n) is 17.1. The molecule has 4 fully saturated rings. The number of fused-ring (bicyclic) bond motifs is 5. The Balaban J connectivity index is 1.00. The van der Waals surface area contributed by atoms with E-state index < -0.39 is 223 Å². The minimum absolute atomic E-state index is 0.0183. The Morgan fingerprint density at radius 2 is 1.00 bits per heavy atom. The summed E-state index contributed by atoms with van der Waals surface area (Å²) in [5.74, 6) is -17.2. The number of aliphatic hydroxyl groups is 1. The zero-order chi connectivity index (χ0) is 95.6. The van der Waals surface area contributed by atoms with Gasteiger partial charge in [-0.2, -0.15) is 0 Å². The number of unbranched alkanes of at least 4 members (excludes halogenated alkanes) is 2. The summed E-state index contributed by atoms with van der Waals surface area (Å²) in [6.45, 7) is 3.87. The van der Waals surface area contributed by atoms with Gasteiger partial charge < -0.3 is 119 Å². The number of H-pyrrole nitrogens is 3. The van der Waals surface area contributed by atoms with Crippen LogP contribution >= 0.6 is 11.8 Å². The number of amides is 15. The first-order chi connectivity index (χ1) is 63.2. The maximum absolute atomic E-state index is 15.7. The lowest BCUT2D eigenvalue weighted by Gasteiger charge is -2.36. The lowest BCUT2D eigenvalue weighted by Crippen LogP contribution is -2.61. The van der Waals surface area contributed by atoms with Gasteiger partial charge in [0, 0.05) is 112 Å². The van der Waals surface area contributed by atoms with Crippen molar-refractivity contribution in [2.24, 2.45) is 11.5 Å². The number of aromatic amines is 3. The highest BCUT2D eigenvalue weighted by molar-refractivity contribution is 8.00. The molecular formula is C89H121N21O21S. The Morgan fingerprint density at radius 1 is 0.515 bits per heavy atom. The minimum Gasteiger partial charge on any atom is -0.508 e. The third-order valence-electron chi connectivity index (χ3n) is 24.3. The largest absolute Gasteiger partial charge is 0.508 e. The van der Waals surface area contributed by atoms with Crippen molar-refractivity contribution in [1.82, 2.24) is 97.6 Å². The lowest BCUT2D eigenvalue weighted by atomic mass is 10.00. The first-order valence-electron chi connectivity index (χ1n) is 44.6. The summed E-state index contributed by atoms with van der Waals surface area (Å²) >= 11 is 0.849.